The Morgan fingerprint density at radius 1 is 1.60 bits per heavy atom. The number of nitriles is 1. The Hall–Kier alpha value is -1.12. The summed E-state index contributed by atoms with van der Waals surface area (Å²) < 4.78 is 4.81. The number of hydrogen-bond acceptors (Lipinski definition) is 4. The topological polar surface area (TPSA) is 65.4 Å². The van der Waals surface area contributed by atoms with Crippen molar-refractivity contribution in [3.63, 3.8) is 0 Å². The minimum atomic E-state index is -0.0731. The molecule has 0 bridgehead atoms. The highest BCUT2D eigenvalue weighted by molar-refractivity contribution is 5.78. The molecule has 86 valence electrons. The maximum atomic E-state index is 11.4. The molecule has 0 aromatic carbocycles. The molecule has 0 aromatic rings. The largest absolute Gasteiger partial charge is 0.383 e. The molecule has 0 aliphatic rings. The average Bonchev–Trinajstić information content (AvgIpc) is 2.17. The molecular weight excluding hydrogens is 194 g/mol. The molecule has 0 saturated heterocycles. The minimum Gasteiger partial charge on any atom is -0.383 e. The van der Waals surface area contributed by atoms with Crippen molar-refractivity contribution < 1.29 is 9.53 Å². The highest BCUT2D eigenvalue weighted by Crippen LogP contribution is 1.95. The standard InChI is InChI=1S/C10H19N3O2/c1-9(2)13(6-4-11)8-10(14)12-5-7-15-3/h9H,5-8H2,1-3H3,(H,12,14). The zero-order valence-electron chi connectivity index (χ0n) is 9.62. The number of ether oxygens (including phenoxy) is 1. The van der Waals surface area contributed by atoms with Gasteiger partial charge < -0.3 is 10.1 Å². The predicted molar refractivity (Wildman–Crippen MR) is 57.2 cm³/mol. The number of carbonyl (C=O) groups is 1. The lowest BCUT2D eigenvalue weighted by molar-refractivity contribution is -0.122. The van der Waals surface area contributed by atoms with E-state index in [1.807, 2.05) is 24.8 Å². The molecule has 0 radical (unpaired) electrons. The molecule has 0 aliphatic heterocycles. The molecule has 0 heterocycles. The van der Waals surface area contributed by atoms with E-state index in [0.717, 1.165) is 0 Å². The summed E-state index contributed by atoms with van der Waals surface area (Å²) in [4.78, 5) is 13.2. The van der Waals surface area contributed by atoms with Crippen LogP contribution in [0.15, 0.2) is 0 Å². The molecular formula is C10H19N3O2. The van der Waals surface area contributed by atoms with Crippen molar-refractivity contribution in [3.8, 4) is 6.07 Å². The van der Waals surface area contributed by atoms with E-state index >= 15 is 0 Å². The summed E-state index contributed by atoms with van der Waals surface area (Å²) in [6.07, 6.45) is 0. The van der Waals surface area contributed by atoms with Gasteiger partial charge in [0, 0.05) is 19.7 Å². The molecule has 0 saturated carbocycles. The summed E-state index contributed by atoms with van der Waals surface area (Å²) in [6.45, 7) is 5.46. The number of methoxy groups -OCH3 is 1. The Balaban J connectivity index is 3.85. The molecule has 15 heavy (non-hydrogen) atoms. The van der Waals surface area contributed by atoms with Crippen LogP contribution in [0, 0.1) is 11.3 Å². The highest BCUT2D eigenvalue weighted by Gasteiger charge is 2.12. The van der Waals surface area contributed by atoms with Gasteiger partial charge in [-0.25, -0.2) is 0 Å². The van der Waals surface area contributed by atoms with E-state index in [9.17, 15) is 4.79 Å². The maximum Gasteiger partial charge on any atom is 0.234 e. The number of rotatable bonds is 7. The number of hydrogen-bond donors (Lipinski definition) is 1. The Morgan fingerprint density at radius 3 is 2.73 bits per heavy atom. The van der Waals surface area contributed by atoms with Crippen molar-refractivity contribution >= 4 is 5.91 Å². The summed E-state index contributed by atoms with van der Waals surface area (Å²) in [6, 6.07) is 2.24. The summed E-state index contributed by atoms with van der Waals surface area (Å²) in [5.74, 6) is -0.0731. The van der Waals surface area contributed by atoms with Crippen molar-refractivity contribution in [2.45, 2.75) is 19.9 Å². The van der Waals surface area contributed by atoms with E-state index in [4.69, 9.17) is 10.00 Å². The molecule has 0 fully saturated rings. The fraction of sp³-hybridized carbons (Fsp3) is 0.800. The monoisotopic (exact) mass is 213 g/mol. The highest BCUT2D eigenvalue weighted by atomic mass is 16.5. The van der Waals surface area contributed by atoms with E-state index in [1.165, 1.54) is 0 Å². The molecule has 0 rings (SSSR count). The Bertz CT molecular complexity index is 223. The van der Waals surface area contributed by atoms with Crippen LogP contribution in [0.3, 0.4) is 0 Å². The van der Waals surface area contributed by atoms with Crippen LogP contribution >= 0.6 is 0 Å². The quantitative estimate of drug-likeness (QED) is 0.477. The van der Waals surface area contributed by atoms with Crippen molar-refractivity contribution in [2.24, 2.45) is 0 Å². The van der Waals surface area contributed by atoms with Gasteiger partial charge in [0.05, 0.1) is 25.8 Å². The second-order valence-corrected chi connectivity index (χ2v) is 3.50. The first-order chi connectivity index (χ1) is 7.11. The molecule has 5 nitrogen and oxygen atoms in total. The summed E-state index contributed by atoms with van der Waals surface area (Å²) >= 11 is 0. The predicted octanol–water partition coefficient (Wildman–Crippen LogP) is -0.0170. The molecule has 0 aliphatic carbocycles. The van der Waals surface area contributed by atoms with Crippen LogP contribution in [0.2, 0.25) is 0 Å². The number of amides is 1. The van der Waals surface area contributed by atoms with Crippen LogP contribution in [-0.4, -0.2) is 50.2 Å². The first-order valence-electron chi connectivity index (χ1n) is 4.98. The molecule has 0 aromatic heterocycles. The molecule has 5 heteroatoms. The summed E-state index contributed by atoms with van der Waals surface area (Å²) in [5, 5.41) is 11.3. The van der Waals surface area contributed by atoms with Gasteiger partial charge in [0.2, 0.25) is 5.91 Å². The smallest absolute Gasteiger partial charge is 0.234 e. The Morgan fingerprint density at radius 2 is 2.27 bits per heavy atom. The minimum absolute atomic E-state index is 0.0731. The van der Waals surface area contributed by atoms with Crippen LogP contribution < -0.4 is 5.32 Å². The average molecular weight is 213 g/mol. The third kappa shape index (κ3) is 6.89. The lowest BCUT2D eigenvalue weighted by Crippen LogP contribution is -2.41. The zero-order chi connectivity index (χ0) is 11.7. The fourth-order valence-electron chi connectivity index (χ4n) is 1.04. The zero-order valence-corrected chi connectivity index (χ0v) is 9.62. The normalized spacial score (nSPS) is 10.4. The van der Waals surface area contributed by atoms with Gasteiger partial charge in [-0.15, -0.1) is 0 Å². The van der Waals surface area contributed by atoms with Crippen molar-refractivity contribution in [1.29, 1.82) is 5.26 Å². The first-order valence-corrected chi connectivity index (χ1v) is 4.98. The second kappa shape index (κ2) is 8.21. The SMILES string of the molecule is COCCNC(=O)CN(CC#N)C(C)C. The maximum absolute atomic E-state index is 11.4. The van der Waals surface area contributed by atoms with Gasteiger partial charge in [0.1, 0.15) is 0 Å². The van der Waals surface area contributed by atoms with Gasteiger partial charge in [-0.3, -0.25) is 9.69 Å². The van der Waals surface area contributed by atoms with Crippen molar-refractivity contribution in [1.82, 2.24) is 10.2 Å². The second-order valence-electron chi connectivity index (χ2n) is 3.50. The lowest BCUT2D eigenvalue weighted by Gasteiger charge is -2.22. The fourth-order valence-corrected chi connectivity index (χ4v) is 1.04. The molecule has 0 spiro atoms. The third-order valence-corrected chi connectivity index (χ3v) is 1.98. The van der Waals surface area contributed by atoms with Crippen LogP contribution in [0.25, 0.3) is 0 Å². The Kier molecular flexibility index (Phi) is 7.60. The molecule has 1 amide bonds. The van der Waals surface area contributed by atoms with E-state index in [-0.39, 0.29) is 25.0 Å². The van der Waals surface area contributed by atoms with E-state index in [1.54, 1.807) is 7.11 Å². The van der Waals surface area contributed by atoms with Crippen molar-refractivity contribution in [2.75, 3.05) is 33.4 Å². The van der Waals surface area contributed by atoms with E-state index in [2.05, 4.69) is 5.32 Å². The van der Waals surface area contributed by atoms with Crippen LogP contribution in [0.1, 0.15) is 13.8 Å². The molecule has 0 atom stereocenters. The van der Waals surface area contributed by atoms with Crippen LogP contribution in [0.4, 0.5) is 0 Å². The number of carbonyl (C=O) groups excluding carboxylic acids is 1. The van der Waals surface area contributed by atoms with Gasteiger partial charge >= 0.3 is 0 Å². The van der Waals surface area contributed by atoms with Crippen LogP contribution in [0.5, 0.6) is 0 Å². The van der Waals surface area contributed by atoms with Gasteiger partial charge in [-0.2, -0.15) is 5.26 Å². The Labute approximate surface area is 91.0 Å². The van der Waals surface area contributed by atoms with E-state index < -0.39 is 0 Å². The van der Waals surface area contributed by atoms with Gasteiger partial charge in [0.15, 0.2) is 0 Å². The van der Waals surface area contributed by atoms with Gasteiger partial charge in [-0.05, 0) is 13.8 Å². The van der Waals surface area contributed by atoms with Crippen LogP contribution in [-0.2, 0) is 9.53 Å². The first kappa shape index (κ1) is 13.9. The summed E-state index contributed by atoms with van der Waals surface area (Å²) in [5.41, 5.74) is 0. The van der Waals surface area contributed by atoms with Crippen molar-refractivity contribution in [3.05, 3.63) is 0 Å². The molecule has 1 N–H and O–H groups in total. The number of nitrogens with one attached hydrogen (secondary N) is 1. The van der Waals surface area contributed by atoms with E-state index in [0.29, 0.717) is 13.2 Å². The molecule has 0 unspecified atom stereocenters. The van der Waals surface area contributed by atoms with Gasteiger partial charge in [-0.1, -0.05) is 0 Å². The lowest BCUT2D eigenvalue weighted by atomic mass is 10.3. The number of nitrogens with zero attached hydrogens (tertiary/aromatic N) is 2. The third-order valence-electron chi connectivity index (χ3n) is 1.98. The summed E-state index contributed by atoms with van der Waals surface area (Å²) in [7, 11) is 1.59. The van der Waals surface area contributed by atoms with Gasteiger partial charge in [0.25, 0.3) is 0 Å².